The summed E-state index contributed by atoms with van der Waals surface area (Å²) in [5.74, 6) is 0.399. The molecular formula is C12H14O. The lowest BCUT2D eigenvalue weighted by molar-refractivity contribution is 0.248. The average Bonchev–Trinajstić information content (AvgIpc) is 2.06. The van der Waals surface area contributed by atoms with Crippen LogP contribution < -0.4 is 0 Å². The van der Waals surface area contributed by atoms with Crippen LogP contribution in [0.2, 0.25) is 0 Å². The quantitative estimate of drug-likeness (QED) is 0.730. The lowest BCUT2D eigenvalue weighted by atomic mass is 9.83. The van der Waals surface area contributed by atoms with Gasteiger partial charge >= 0.3 is 0 Å². The number of allylic oxidation sites excluding steroid dienone is 1. The first-order valence-electron chi connectivity index (χ1n) is 4.68. The number of benzene rings is 1. The topological polar surface area (TPSA) is 20.2 Å². The third kappa shape index (κ3) is 1.65. The van der Waals surface area contributed by atoms with Crippen LogP contribution in [0.25, 0.3) is 5.57 Å². The van der Waals surface area contributed by atoms with Crippen LogP contribution >= 0.6 is 0 Å². The van der Waals surface area contributed by atoms with Crippen molar-refractivity contribution in [2.24, 2.45) is 5.92 Å². The van der Waals surface area contributed by atoms with E-state index in [0.717, 1.165) is 6.42 Å². The molecule has 1 aliphatic rings. The Morgan fingerprint density at radius 2 is 1.92 bits per heavy atom. The maximum atomic E-state index is 8.85. The van der Waals surface area contributed by atoms with E-state index in [2.05, 4.69) is 37.3 Å². The van der Waals surface area contributed by atoms with Crippen molar-refractivity contribution in [3.8, 4) is 0 Å². The monoisotopic (exact) mass is 174 g/mol. The molecule has 1 aliphatic carbocycles. The predicted molar refractivity (Wildman–Crippen MR) is 54.3 cm³/mol. The zero-order chi connectivity index (χ0) is 9.26. The van der Waals surface area contributed by atoms with Crippen molar-refractivity contribution in [1.29, 1.82) is 0 Å². The average molecular weight is 174 g/mol. The normalized spacial score (nSPS) is 20.8. The Morgan fingerprint density at radius 1 is 1.31 bits per heavy atom. The zero-order valence-electron chi connectivity index (χ0n) is 7.83. The molecule has 0 aromatic heterocycles. The Bertz CT molecular complexity index is 321. The molecule has 2 rings (SSSR count). The molecule has 0 fully saturated rings. The summed E-state index contributed by atoms with van der Waals surface area (Å²) < 4.78 is 0. The molecule has 68 valence electrons. The van der Waals surface area contributed by atoms with Crippen LogP contribution in [0.5, 0.6) is 0 Å². The second-order valence-corrected chi connectivity index (χ2v) is 3.70. The SMILES string of the molecule is Cc1ccc(C2=CC(CO)C2)cc1. The van der Waals surface area contributed by atoms with Gasteiger partial charge in [-0.2, -0.15) is 0 Å². The summed E-state index contributed by atoms with van der Waals surface area (Å²) in [6.45, 7) is 2.38. The Labute approximate surface area is 78.7 Å². The minimum absolute atomic E-state index is 0.287. The first-order valence-corrected chi connectivity index (χ1v) is 4.68. The molecule has 0 radical (unpaired) electrons. The Kier molecular flexibility index (Phi) is 2.19. The number of hydrogen-bond acceptors (Lipinski definition) is 1. The van der Waals surface area contributed by atoms with Gasteiger partial charge in [-0.3, -0.25) is 0 Å². The minimum Gasteiger partial charge on any atom is -0.396 e. The van der Waals surface area contributed by atoms with Crippen LogP contribution in [-0.4, -0.2) is 11.7 Å². The van der Waals surface area contributed by atoms with Crippen LogP contribution in [0, 0.1) is 12.8 Å². The maximum Gasteiger partial charge on any atom is 0.0497 e. The predicted octanol–water partition coefficient (Wildman–Crippen LogP) is 2.39. The number of aliphatic hydroxyl groups excluding tert-OH is 1. The summed E-state index contributed by atoms with van der Waals surface area (Å²) in [7, 11) is 0. The van der Waals surface area contributed by atoms with Gasteiger partial charge in [0, 0.05) is 12.5 Å². The van der Waals surface area contributed by atoms with Crippen LogP contribution in [0.1, 0.15) is 17.5 Å². The molecule has 1 N–H and O–H groups in total. The van der Waals surface area contributed by atoms with E-state index in [1.807, 2.05) is 0 Å². The van der Waals surface area contributed by atoms with Gasteiger partial charge in [0.25, 0.3) is 0 Å². The molecule has 0 saturated carbocycles. The van der Waals surface area contributed by atoms with Gasteiger partial charge in [-0.1, -0.05) is 35.9 Å². The lowest BCUT2D eigenvalue weighted by Crippen LogP contribution is -2.12. The van der Waals surface area contributed by atoms with Crippen molar-refractivity contribution in [3.05, 3.63) is 41.5 Å². The van der Waals surface area contributed by atoms with Gasteiger partial charge in [-0.05, 0) is 24.5 Å². The van der Waals surface area contributed by atoms with Gasteiger partial charge in [0.15, 0.2) is 0 Å². The van der Waals surface area contributed by atoms with Gasteiger partial charge in [-0.15, -0.1) is 0 Å². The highest BCUT2D eigenvalue weighted by Crippen LogP contribution is 2.33. The van der Waals surface area contributed by atoms with E-state index in [-0.39, 0.29) is 6.61 Å². The maximum absolute atomic E-state index is 8.85. The van der Waals surface area contributed by atoms with Gasteiger partial charge in [0.05, 0.1) is 0 Å². The van der Waals surface area contributed by atoms with Gasteiger partial charge in [0.2, 0.25) is 0 Å². The van der Waals surface area contributed by atoms with Crippen LogP contribution in [-0.2, 0) is 0 Å². The van der Waals surface area contributed by atoms with E-state index < -0.39 is 0 Å². The first kappa shape index (κ1) is 8.52. The highest BCUT2D eigenvalue weighted by atomic mass is 16.3. The molecule has 0 heterocycles. The molecule has 0 aliphatic heterocycles. The molecule has 0 amide bonds. The van der Waals surface area contributed by atoms with E-state index in [4.69, 9.17) is 5.11 Å². The molecular weight excluding hydrogens is 160 g/mol. The summed E-state index contributed by atoms with van der Waals surface area (Å²) in [4.78, 5) is 0. The second-order valence-electron chi connectivity index (χ2n) is 3.70. The van der Waals surface area contributed by atoms with E-state index in [0.29, 0.717) is 5.92 Å². The Balaban J connectivity index is 2.15. The number of aryl methyl sites for hydroxylation is 1. The highest BCUT2D eigenvalue weighted by molar-refractivity contribution is 5.70. The number of rotatable bonds is 2. The summed E-state index contributed by atoms with van der Waals surface area (Å²) in [5.41, 5.74) is 3.97. The standard InChI is InChI=1S/C12H14O/c1-9-2-4-11(5-3-9)12-6-10(7-12)8-13/h2-6,10,13H,7-8H2,1H3. The van der Waals surface area contributed by atoms with Gasteiger partial charge in [-0.25, -0.2) is 0 Å². The molecule has 0 bridgehead atoms. The second kappa shape index (κ2) is 3.35. The van der Waals surface area contributed by atoms with E-state index in [1.165, 1.54) is 16.7 Å². The minimum atomic E-state index is 0.287. The summed E-state index contributed by atoms with van der Waals surface area (Å²) in [5, 5.41) is 8.85. The molecule has 1 nitrogen and oxygen atoms in total. The largest absolute Gasteiger partial charge is 0.396 e. The molecule has 1 aromatic carbocycles. The molecule has 1 atom stereocenters. The molecule has 1 unspecified atom stereocenters. The third-order valence-electron chi connectivity index (χ3n) is 2.58. The molecule has 13 heavy (non-hydrogen) atoms. The van der Waals surface area contributed by atoms with Crippen molar-refractivity contribution in [2.45, 2.75) is 13.3 Å². The fourth-order valence-electron chi connectivity index (χ4n) is 1.63. The summed E-state index contributed by atoms with van der Waals surface area (Å²) in [6.07, 6.45) is 3.18. The van der Waals surface area contributed by atoms with E-state index in [1.54, 1.807) is 0 Å². The molecule has 0 saturated heterocycles. The van der Waals surface area contributed by atoms with Crippen molar-refractivity contribution in [3.63, 3.8) is 0 Å². The summed E-state index contributed by atoms with van der Waals surface area (Å²) in [6, 6.07) is 8.55. The fourth-order valence-corrected chi connectivity index (χ4v) is 1.63. The highest BCUT2D eigenvalue weighted by Gasteiger charge is 2.18. The molecule has 0 spiro atoms. The van der Waals surface area contributed by atoms with Crippen molar-refractivity contribution in [1.82, 2.24) is 0 Å². The third-order valence-corrected chi connectivity index (χ3v) is 2.58. The lowest BCUT2D eigenvalue weighted by Gasteiger charge is -2.23. The molecule has 1 aromatic rings. The molecule has 1 heteroatoms. The zero-order valence-corrected chi connectivity index (χ0v) is 7.83. The van der Waals surface area contributed by atoms with Crippen LogP contribution in [0.15, 0.2) is 30.3 Å². The fraction of sp³-hybridized carbons (Fsp3) is 0.333. The number of hydrogen-bond donors (Lipinski definition) is 1. The van der Waals surface area contributed by atoms with Gasteiger partial charge < -0.3 is 5.11 Å². The van der Waals surface area contributed by atoms with Gasteiger partial charge in [0.1, 0.15) is 0 Å². The van der Waals surface area contributed by atoms with E-state index in [9.17, 15) is 0 Å². The first-order chi connectivity index (χ1) is 6.29. The summed E-state index contributed by atoms with van der Waals surface area (Å²) >= 11 is 0. The van der Waals surface area contributed by atoms with Crippen molar-refractivity contribution < 1.29 is 5.11 Å². The van der Waals surface area contributed by atoms with Crippen LogP contribution in [0.4, 0.5) is 0 Å². The van der Waals surface area contributed by atoms with E-state index >= 15 is 0 Å². The van der Waals surface area contributed by atoms with Crippen molar-refractivity contribution in [2.75, 3.05) is 6.61 Å². The smallest absolute Gasteiger partial charge is 0.0497 e. The Morgan fingerprint density at radius 3 is 2.46 bits per heavy atom. The number of aliphatic hydroxyl groups is 1. The van der Waals surface area contributed by atoms with Crippen LogP contribution in [0.3, 0.4) is 0 Å². The van der Waals surface area contributed by atoms with Crippen molar-refractivity contribution >= 4 is 5.57 Å². The Hall–Kier alpha value is -1.08.